The molecule has 0 saturated heterocycles. The predicted octanol–water partition coefficient (Wildman–Crippen LogP) is 5.78. The van der Waals surface area contributed by atoms with Crippen LogP contribution in [-0.2, 0) is 0 Å². The minimum atomic E-state index is -0.690. The topological polar surface area (TPSA) is 67.4 Å². The number of hydrogen-bond donors (Lipinski definition) is 2. The number of benzene rings is 3. The number of carbonyl (C=O) groups excluding carboxylic acids is 2. The molecule has 2 N–H and O–H groups in total. The van der Waals surface area contributed by atoms with Gasteiger partial charge in [-0.15, -0.1) is 0 Å². The average Bonchev–Trinajstić information content (AvgIpc) is 2.73. The molecule has 3 aromatic rings. The number of anilines is 2. The zero-order valence-electron chi connectivity index (χ0n) is 15.4. The van der Waals surface area contributed by atoms with Crippen molar-refractivity contribution in [2.24, 2.45) is 0 Å². The Morgan fingerprint density at radius 1 is 0.800 bits per heavy atom. The molecule has 0 bridgehead atoms. The number of hydrogen-bond acceptors (Lipinski definition) is 3. The Labute approximate surface area is 180 Å². The highest BCUT2D eigenvalue weighted by atomic mass is 35.5. The minimum Gasteiger partial charge on any atom is -0.496 e. The van der Waals surface area contributed by atoms with Crippen LogP contribution in [0, 0.1) is 11.6 Å². The molecule has 0 aromatic heterocycles. The highest BCUT2D eigenvalue weighted by molar-refractivity contribution is 6.31. The number of amides is 2. The van der Waals surface area contributed by atoms with Gasteiger partial charge in [-0.25, -0.2) is 8.78 Å². The van der Waals surface area contributed by atoms with Crippen LogP contribution >= 0.6 is 23.2 Å². The molecule has 0 atom stereocenters. The largest absolute Gasteiger partial charge is 0.496 e. The van der Waals surface area contributed by atoms with Crippen molar-refractivity contribution in [3.05, 3.63) is 87.4 Å². The van der Waals surface area contributed by atoms with Crippen molar-refractivity contribution >= 4 is 46.4 Å². The highest BCUT2D eigenvalue weighted by Crippen LogP contribution is 2.24. The van der Waals surface area contributed by atoms with E-state index >= 15 is 0 Å². The lowest BCUT2D eigenvalue weighted by molar-refractivity contribution is 0.102. The molecule has 3 aromatic carbocycles. The van der Waals surface area contributed by atoms with E-state index in [1.54, 1.807) is 0 Å². The van der Waals surface area contributed by atoms with Crippen molar-refractivity contribution in [2.45, 2.75) is 0 Å². The lowest BCUT2D eigenvalue weighted by atomic mass is 10.1. The normalized spacial score (nSPS) is 10.4. The van der Waals surface area contributed by atoms with Gasteiger partial charge in [0, 0.05) is 16.9 Å². The van der Waals surface area contributed by atoms with E-state index in [0.717, 1.165) is 12.1 Å². The number of rotatable bonds is 5. The maximum absolute atomic E-state index is 13.6. The molecule has 0 unspecified atom stereocenters. The van der Waals surface area contributed by atoms with Gasteiger partial charge in [-0.05, 0) is 54.6 Å². The van der Waals surface area contributed by atoms with Crippen molar-refractivity contribution in [3.8, 4) is 5.75 Å². The van der Waals surface area contributed by atoms with Crippen LogP contribution in [0.3, 0.4) is 0 Å². The van der Waals surface area contributed by atoms with Gasteiger partial charge in [-0.2, -0.15) is 0 Å². The Balaban J connectivity index is 1.84. The lowest BCUT2D eigenvalue weighted by Crippen LogP contribution is -2.17. The molecule has 0 aliphatic carbocycles. The summed E-state index contributed by atoms with van der Waals surface area (Å²) in [5.41, 5.74) is 0.539. The summed E-state index contributed by atoms with van der Waals surface area (Å²) in [6.07, 6.45) is 0. The van der Waals surface area contributed by atoms with E-state index in [1.807, 2.05) is 0 Å². The molecule has 0 fully saturated rings. The first-order chi connectivity index (χ1) is 14.3. The van der Waals surface area contributed by atoms with E-state index in [-0.39, 0.29) is 38.3 Å². The molecule has 154 valence electrons. The van der Waals surface area contributed by atoms with Gasteiger partial charge in [0.1, 0.15) is 17.4 Å². The van der Waals surface area contributed by atoms with Crippen LogP contribution in [0.4, 0.5) is 20.2 Å². The van der Waals surface area contributed by atoms with Crippen LogP contribution in [-0.4, -0.2) is 18.9 Å². The van der Waals surface area contributed by atoms with Crippen LogP contribution in [0.1, 0.15) is 20.7 Å². The molecule has 30 heavy (non-hydrogen) atoms. The summed E-state index contributed by atoms with van der Waals surface area (Å²) in [6.45, 7) is 0. The molecule has 0 saturated carbocycles. The molecule has 5 nitrogen and oxygen atoms in total. The fourth-order valence-electron chi connectivity index (χ4n) is 2.58. The second-order valence-corrected chi connectivity index (χ2v) is 6.90. The summed E-state index contributed by atoms with van der Waals surface area (Å²) in [4.78, 5) is 25.2. The molecular formula is C21H14Cl2F2N2O3. The van der Waals surface area contributed by atoms with Gasteiger partial charge in [0.2, 0.25) is 0 Å². The zero-order valence-corrected chi connectivity index (χ0v) is 16.9. The van der Waals surface area contributed by atoms with Gasteiger partial charge in [0.15, 0.2) is 0 Å². The highest BCUT2D eigenvalue weighted by Gasteiger charge is 2.17. The van der Waals surface area contributed by atoms with Crippen molar-refractivity contribution in [1.82, 2.24) is 0 Å². The fraction of sp³-hybridized carbons (Fsp3) is 0.0476. The van der Waals surface area contributed by atoms with Gasteiger partial charge in [-0.1, -0.05) is 23.2 Å². The van der Waals surface area contributed by atoms with Crippen molar-refractivity contribution in [2.75, 3.05) is 17.7 Å². The smallest absolute Gasteiger partial charge is 0.259 e. The van der Waals surface area contributed by atoms with Gasteiger partial charge in [0.05, 0.1) is 22.7 Å². The molecule has 0 spiro atoms. The van der Waals surface area contributed by atoms with Crippen molar-refractivity contribution in [3.63, 3.8) is 0 Å². The van der Waals surface area contributed by atoms with E-state index < -0.39 is 23.4 Å². The maximum Gasteiger partial charge on any atom is 0.259 e. The van der Waals surface area contributed by atoms with Crippen LogP contribution < -0.4 is 15.4 Å². The number of nitrogens with one attached hydrogen (secondary N) is 2. The molecule has 2 amide bonds. The van der Waals surface area contributed by atoms with Gasteiger partial charge in [-0.3, -0.25) is 9.59 Å². The Morgan fingerprint density at radius 2 is 1.33 bits per heavy atom. The number of halogens is 4. The second-order valence-electron chi connectivity index (χ2n) is 6.08. The number of ether oxygens (including phenoxy) is 1. The third-order valence-corrected chi connectivity index (χ3v) is 4.67. The molecule has 3 rings (SSSR count). The van der Waals surface area contributed by atoms with Gasteiger partial charge >= 0.3 is 0 Å². The molecule has 0 aliphatic rings. The maximum atomic E-state index is 13.6. The summed E-state index contributed by atoms with van der Waals surface area (Å²) in [5.74, 6) is -2.37. The van der Waals surface area contributed by atoms with Crippen molar-refractivity contribution in [1.29, 1.82) is 0 Å². The summed E-state index contributed by atoms with van der Waals surface area (Å²) >= 11 is 11.3. The third kappa shape index (κ3) is 4.87. The third-order valence-electron chi connectivity index (χ3n) is 4.06. The molecule has 0 heterocycles. The molecule has 0 radical (unpaired) electrons. The minimum absolute atomic E-state index is 0.0443. The van der Waals surface area contributed by atoms with Crippen LogP contribution in [0.2, 0.25) is 10.0 Å². The Hall–Kier alpha value is -3.16. The Morgan fingerprint density at radius 3 is 1.83 bits per heavy atom. The van der Waals surface area contributed by atoms with Crippen molar-refractivity contribution < 1.29 is 23.1 Å². The average molecular weight is 451 g/mol. The van der Waals surface area contributed by atoms with E-state index in [1.165, 1.54) is 49.6 Å². The fourth-order valence-corrected chi connectivity index (χ4v) is 2.81. The first-order valence-corrected chi connectivity index (χ1v) is 9.25. The lowest BCUT2D eigenvalue weighted by Gasteiger charge is -2.12. The first kappa shape index (κ1) is 21.5. The molecular weight excluding hydrogens is 437 g/mol. The van der Waals surface area contributed by atoms with E-state index in [0.29, 0.717) is 0 Å². The monoisotopic (exact) mass is 450 g/mol. The summed E-state index contributed by atoms with van der Waals surface area (Å²) < 4.78 is 32.4. The van der Waals surface area contributed by atoms with Crippen LogP contribution in [0.5, 0.6) is 5.75 Å². The summed E-state index contributed by atoms with van der Waals surface area (Å²) in [5, 5.41) is 4.88. The predicted molar refractivity (Wildman–Crippen MR) is 112 cm³/mol. The van der Waals surface area contributed by atoms with E-state index in [4.69, 9.17) is 27.9 Å². The van der Waals surface area contributed by atoms with E-state index in [9.17, 15) is 18.4 Å². The second kappa shape index (κ2) is 9.11. The van der Waals surface area contributed by atoms with Gasteiger partial charge in [0.25, 0.3) is 11.8 Å². The Kier molecular flexibility index (Phi) is 6.54. The molecule has 9 heteroatoms. The summed E-state index contributed by atoms with van der Waals surface area (Å²) in [6, 6.07) is 11.8. The zero-order chi connectivity index (χ0) is 21.8. The number of methoxy groups -OCH3 is 1. The summed E-state index contributed by atoms with van der Waals surface area (Å²) in [7, 11) is 1.37. The Bertz CT molecular complexity index is 1140. The van der Waals surface area contributed by atoms with E-state index in [2.05, 4.69) is 10.6 Å². The molecule has 0 aliphatic heterocycles. The number of carbonyl (C=O) groups is 2. The first-order valence-electron chi connectivity index (χ1n) is 8.49. The SMILES string of the molecule is COc1ccc(C(=O)Nc2ccc(Cl)c(F)c2)cc1C(=O)Nc1ccc(Cl)c(F)c1. The van der Waals surface area contributed by atoms with Crippen LogP contribution in [0.25, 0.3) is 0 Å². The van der Waals surface area contributed by atoms with Gasteiger partial charge < -0.3 is 15.4 Å². The quantitative estimate of drug-likeness (QED) is 0.517. The van der Waals surface area contributed by atoms with Crippen LogP contribution in [0.15, 0.2) is 54.6 Å². The standard InChI is InChI=1S/C21H14Cl2F2N2O3/c1-30-19-7-2-11(20(28)26-12-3-5-15(22)17(24)9-12)8-14(19)21(29)27-13-4-6-16(23)18(25)10-13/h2-10H,1H3,(H,26,28)(H,27,29).